The van der Waals surface area contributed by atoms with Gasteiger partial charge in [-0.2, -0.15) is 5.10 Å². The highest BCUT2D eigenvalue weighted by atomic mass is 16.1. The highest BCUT2D eigenvalue weighted by molar-refractivity contribution is 6.01. The number of hydrogen-bond donors (Lipinski definition) is 2. The van der Waals surface area contributed by atoms with Gasteiger partial charge in [-0.05, 0) is 79.5 Å². The van der Waals surface area contributed by atoms with Crippen LogP contribution in [0.3, 0.4) is 0 Å². The van der Waals surface area contributed by atoms with Crippen LogP contribution in [-0.4, -0.2) is 11.6 Å². The summed E-state index contributed by atoms with van der Waals surface area (Å²) in [5, 5.41) is 7.54. The Morgan fingerprint density at radius 2 is 1.92 bits per heavy atom. The van der Waals surface area contributed by atoms with Gasteiger partial charge in [0.2, 0.25) is 5.91 Å². The molecule has 4 heteroatoms. The van der Waals surface area contributed by atoms with E-state index in [9.17, 15) is 4.79 Å². The molecule has 0 atom stereocenters. The molecule has 1 aliphatic carbocycles. The molecule has 2 aromatic carbocycles. The van der Waals surface area contributed by atoms with Gasteiger partial charge in [-0.15, -0.1) is 0 Å². The van der Waals surface area contributed by atoms with Crippen LogP contribution in [0.1, 0.15) is 48.4 Å². The second kappa shape index (κ2) is 6.71. The molecule has 0 spiro atoms. The summed E-state index contributed by atoms with van der Waals surface area (Å²) in [5.74, 6) is 0.0983. The molecular weight excluding hydrogens is 310 g/mol. The Morgan fingerprint density at radius 3 is 2.84 bits per heavy atom. The van der Waals surface area contributed by atoms with E-state index in [1.54, 1.807) is 0 Å². The van der Waals surface area contributed by atoms with Gasteiger partial charge >= 0.3 is 0 Å². The molecule has 2 N–H and O–H groups in total. The Hall–Kier alpha value is -2.62. The summed E-state index contributed by atoms with van der Waals surface area (Å²) in [5.41, 5.74) is 11.4. The molecule has 1 amide bonds. The molecule has 2 aliphatic rings. The third-order valence-electron chi connectivity index (χ3n) is 5.16. The van der Waals surface area contributed by atoms with Gasteiger partial charge < -0.3 is 5.32 Å². The Balaban J connectivity index is 1.55. The largest absolute Gasteiger partial charge is 0.326 e. The second-order valence-electron chi connectivity index (χ2n) is 6.88. The molecule has 0 radical (unpaired) electrons. The summed E-state index contributed by atoms with van der Waals surface area (Å²) in [6, 6.07) is 12.6. The van der Waals surface area contributed by atoms with Crippen LogP contribution in [0.15, 0.2) is 41.5 Å². The van der Waals surface area contributed by atoms with Crippen molar-refractivity contribution in [2.75, 3.05) is 10.7 Å². The summed E-state index contributed by atoms with van der Waals surface area (Å²) in [6.45, 7) is 2.02. The van der Waals surface area contributed by atoms with Crippen LogP contribution in [0.2, 0.25) is 0 Å². The molecule has 1 heterocycles. The topological polar surface area (TPSA) is 53.5 Å². The molecule has 0 fully saturated rings. The number of rotatable bonds is 3. The van der Waals surface area contributed by atoms with E-state index in [1.807, 2.05) is 19.1 Å². The van der Waals surface area contributed by atoms with Crippen LogP contribution in [0.25, 0.3) is 0 Å². The average Bonchev–Trinajstić information content (AvgIpc) is 2.65. The minimum absolute atomic E-state index is 0.0983. The zero-order valence-electron chi connectivity index (χ0n) is 14.6. The number of anilines is 2. The maximum atomic E-state index is 11.5. The van der Waals surface area contributed by atoms with Crippen LogP contribution < -0.4 is 10.7 Å². The lowest BCUT2D eigenvalue weighted by atomic mass is 9.90. The van der Waals surface area contributed by atoms with Gasteiger partial charge in [0.25, 0.3) is 0 Å². The van der Waals surface area contributed by atoms with E-state index < -0.39 is 0 Å². The van der Waals surface area contributed by atoms with Gasteiger partial charge in [0.05, 0.1) is 11.4 Å². The zero-order valence-corrected chi connectivity index (χ0v) is 14.6. The summed E-state index contributed by atoms with van der Waals surface area (Å²) in [4.78, 5) is 11.5. The van der Waals surface area contributed by atoms with Gasteiger partial charge in [-0.1, -0.05) is 18.2 Å². The van der Waals surface area contributed by atoms with Crippen molar-refractivity contribution >= 4 is 23.0 Å². The van der Waals surface area contributed by atoms with Crippen molar-refractivity contribution < 1.29 is 4.79 Å². The fraction of sp³-hybridized carbons (Fsp3) is 0.333. The Morgan fingerprint density at radius 1 is 1.04 bits per heavy atom. The van der Waals surface area contributed by atoms with Crippen molar-refractivity contribution in [2.45, 2.75) is 45.4 Å². The predicted octanol–water partition coefficient (Wildman–Crippen LogP) is 4.29. The van der Waals surface area contributed by atoms with Gasteiger partial charge in [-0.25, -0.2) is 0 Å². The van der Waals surface area contributed by atoms with E-state index in [1.165, 1.54) is 36.0 Å². The number of hydrazone groups is 1. The fourth-order valence-corrected chi connectivity index (χ4v) is 3.70. The molecule has 0 saturated heterocycles. The number of aryl methyl sites for hydroxylation is 2. The highest BCUT2D eigenvalue weighted by Gasteiger charge is 2.15. The first-order valence-corrected chi connectivity index (χ1v) is 9.05. The monoisotopic (exact) mass is 333 g/mol. The lowest BCUT2D eigenvalue weighted by Crippen LogP contribution is -2.19. The van der Waals surface area contributed by atoms with E-state index in [4.69, 9.17) is 0 Å². The quantitative estimate of drug-likeness (QED) is 0.650. The summed E-state index contributed by atoms with van der Waals surface area (Å²) >= 11 is 0. The second-order valence-corrected chi connectivity index (χ2v) is 6.88. The van der Waals surface area contributed by atoms with Crippen molar-refractivity contribution in [1.29, 1.82) is 0 Å². The number of hydrogen-bond acceptors (Lipinski definition) is 3. The lowest BCUT2D eigenvalue weighted by Gasteiger charge is -2.19. The fourth-order valence-electron chi connectivity index (χ4n) is 3.70. The van der Waals surface area contributed by atoms with E-state index in [2.05, 4.69) is 40.1 Å². The number of carbonyl (C=O) groups excluding carboxylic acids is 1. The maximum absolute atomic E-state index is 11.5. The first-order chi connectivity index (χ1) is 12.2. The molecule has 128 valence electrons. The number of amides is 1. The smallest absolute Gasteiger partial charge is 0.224 e. The number of fused-ring (bicyclic) bond motifs is 2. The molecule has 0 bridgehead atoms. The summed E-state index contributed by atoms with van der Waals surface area (Å²) in [7, 11) is 0. The molecule has 4 nitrogen and oxygen atoms in total. The molecule has 2 aromatic rings. The number of nitrogens with zero attached hydrogens (tertiary/aromatic N) is 1. The summed E-state index contributed by atoms with van der Waals surface area (Å²) in [6.07, 6.45) is 6.19. The van der Waals surface area contributed by atoms with E-state index in [0.29, 0.717) is 6.42 Å². The third-order valence-corrected chi connectivity index (χ3v) is 5.16. The normalized spacial score (nSPS) is 16.7. The standard InChI is InChI=1S/C21H23N3O/c1-14(16-9-11-19-17(13-16)10-12-21(25)22-19)23-24-20-8-4-6-15-5-2-3-7-18(15)20/h4,6,8-9,11,13,24H,2-3,5,7,10,12H2,1H3,(H,22,25)/b23-14+. The number of nitrogens with one attached hydrogen (secondary N) is 2. The van der Waals surface area contributed by atoms with Crippen LogP contribution in [-0.2, 0) is 24.1 Å². The summed E-state index contributed by atoms with van der Waals surface area (Å²) < 4.78 is 0. The van der Waals surface area contributed by atoms with Gasteiger partial charge in [-0.3, -0.25) is 10.2 Å². The van der Waals surface area contributed by atoms with Crippen molar-refractivity contribution in [3.8, 4) is 0 Å². The molecule has 1 aliphatic heterocycles. The van der Waals surface area contributed by atoms with Gasteiger partial charge in [0, 0.05) is 12.1 Å². The molecule has 0 aromatic heterocycles. The Bertz CT molecular complexity index is 854. The minimum Gasteiger partial charge on any atom is -0.326 e. The van der Waals surface area contributed by atoms with E-state index in [0.717, 1.165) is 35.5 Å². The van der Waals surface area contributed by atoms with Crippen molar-refractivity contribution in [3.63, 3.8) is 0 Å². The molecule has 4 rings (SSSR count). The molecule has 0 saturated carbocycles. The van der Waals surface area contributed by atoms with E-state index in [-0.39, 0.29) is 5.91 Å². The SMILES string of the molecule is C/C(=N\Nc1cccc2c1CCCC2)c1ccc2c(c1)CCC(=O)N2. The van der Waals surface area contributed by atoms with Crippen LogP contribution >= 0.6 is 0 Å². The lowest BCUT2D eigenvalue weighted by molar-refractivity contribution is -0.116. The third kappa shape index (κ3) is 3.29. The van der Waals surface area contributed by atoms with Crippen LogP contribution in [0.4, 0.5) is 11.4 Å². The maximum Gasteiger partial charge on any atom is 0.224 e. The highest BCUT2D eigenvalue weighted by Crippen LogP contribution is 2.28. The zero-order chi connectivity index (χ0) is 17.2. The predicted molar refractivity (Wildman–Crippen MR) is 102 cm³/mol. The van der Waals surface area contributed by atoms with Crippen molar-refractivity contribution in [2.24, 2.45) is 5.10 Å². The number of benzene rings is 2. The van der Waals surface area contributed by atoms with Gasteiger partial charge in [0.1, 0.15) is 0 Å². The first kappa shape index (κ1) is 15.9. The molecule has 0 unspecified atom stereocenters. The minimum atomic E-state index is 0.0983. The first-order valence-electron chi connectivity index (χ1n) is 9.05. The van der Waals surface area contributed by atoms with Crippen LogP contribution in [0, 0.1) is 0 Å². The molecular formula is C21H23N3O. The van der Waals surface area contributed by atoms with Gasteiger partial charge in [0.15, 0.2) is 0 Å². The molecule has 25 heavy (non-hydrogen) atoms. The average molecular weight is 333 g/mol. The van der Waals surface area contributed by atoms with E-state index >= 15 is 0 Å². The Labute approximate surface area is 148 Å². The van der Waals surface area contributed by atoms with Crippen molar-refractivity contribution in [1.82, 2.24) is 0 Å². The Kier molecular flexibility index (Phi) is 4.26. The van der Waals surface area contributed by atoms with Crippen molar-refractivity contribution in [3.05, 3.63) is 58.7 Å². The number of carbonyl (C=O) groups is 1. The van der Waals surface area contributed by atoms with Crippen LogP contribution in [0.5, 0.6) is 0 Å².